The first kappa shape index (κ1) is 22.1. The lowest BCUT2D eigenvalue weighted by Gasteiger charge is -2.25. The quantitative estimate of drug-likeness (QED) is 0.609. The highest BCUT2D eigenvalue weighted by Crippen LogP contribution is 2.12. The molecule has 0 heterocycles. The second-order valence-electron chi connectivity index (χ2n) is 6.21. The Morgan fingerprint density at radius 3 is 2.15 bits per heavy atom. The molecule has 0 aliphatic rings. The number of ether oxygens (including phenoxy) is 2. The number of methoxy groups -OCH3 is 2. The van der Waals surface area contributed by atoms with Crippen molar-refractivity contribution in [1.82, 2.24) is 10.6 Å². The monoisotopic (exact) mass is 378 g/mol. The molecule has 2 amide bonds. The Balaban J connectivity index is 2.94. The highest BCUT2D eigenvalue weighted by atomic mass is 16.5. The van der Waals surface area contributed by atoms with Crippen LogP contribution in [0.25, 0.3) is 0 Å². The van der Waals surface area contributed by atoms with Crippen LogP contribution in [0.15, 0.2) is 30.3 Å². The average Bonchev–Trinajstić information content (AvgIpc) is 2.64. The van der Waals surface area contributed by atoms with Gasteiger partial charge in [0, 0.05) is 13.3 Å². The van der Waals surface area contributed by atoms with Gasteiger partial charge in [-0.3, -0.25) is 14.4 Å². The number of amides is 2. The van der Waals surface area contributed by atoms with Gasteiger partial charge in [-0.05, 0) is 11.5 Å². The van der Waals surface area contributed by atoms with Crippen LogP contribution in [0.2, 0.25) is 0 Å². The molecule has 27 heavy (non-hydrogen) atoms. The molecule has 0 saturated carbocycles. The maximum atomic E-state index is 12.7. The molecule has 0 radical (unpaired) electrons. The fraction of sp³-hybridized carbons (Fsp3) is 0.474. The minimum absolute atomic E-state index is 0.0694. The molecule has 0 saturated heterocycles. The van der Waals surface area contributed by atoms with Gasteiger partial charge in [0.15, 0.2) is 0 Å². The summed E-state index contributed by atoms with van der Waals surface area (Å²) in [6.07, 6.45) is 0.186. The molecular formula is C19H26N2O6. The smallest absolute Gasteiger partial charge is 0.328 e. The highest BCUT2D eigenvalue weighted by Gasteiger charge is 2.32. The number of carbonyl (C=O) groups excluding carboxylic acids is 4. The van der Waals surface area contributed by atoms with Gasteiger partial charge in [0.1, 0.15) is 12.1 Å². The summed E-state index contributed by atoms with van der Waals surface area (Å²) in [6.45, 7) is 2.94. The van der Waals surface area contributed by atoms with E-state index in [-0.39, 0.29) is 18.7 Å². The summed E-state index contributed by atoms with van der Waals surface area (Å²) < 4.78 is 9.34. The van der Waals surface area contributed by atoms with Gasteiger partial charge >= 0.3 is 11.9 Å². The van der Waals surface area contributed by atoms with Gasteiger partial charge in [0.25, 0.3) is 0 Å². The first-order chi connectivity index (χ1) is 12.8. The summed E-state index contributed by atoms with van der Waals surface area (Å²) in [5.74, 6) is -2.65. The Bertz CT molecular complexity index is 661. The van der Waals surface area contributed by atoms with E-state index < -0.39 is 35.8 Å². The van der Waals surface area contributed by atoms with E-state index in [0.29, 0.717) is 0 Å². The number of hydrogen-bond donors (Lipinski definition) is 2. The van der Waals surface area contributed by atoms with Crippen LogP contribution >= 0.6 is 0 Å². The van der Waals surface area contributed by atoms with Gasteiger partial charge in [0.05, 0.1) is 20.6 Å². The number of carbonyl (C=O) groups is 4. The third-order valence-corrected chi connectivity index (χ3v) is 4.01. The molecule has 1 aromatic rings. The predicted molar refractivity (Wildman–Crippen MR) is 97.5 cm³/mol. The van der Waals surface area contributed by atoms with Gasteiger partial charge in [0.2, 0.25) is 11.8 Å². The number of rotatable bonds is 9. The van der Waals surface area contributed by atoms with Crippen LogP contribution in [0.5, 0.6) is 0 Å². The predicted octanol–water partition coefficient (Wildman–Crippen LogP) is 0.591. The molecule has 3 atom stereocenters. The first-order valence-electron chi connectivity index (χ1n) is 8.54. The zero-order valence-corrected chi connectivity index (χ0v) is 16.0. The number of esters is 2. The molecule has 0 unspecified atom stereocenters. The van der Waals surface area contributed by atoms with Crippen LogP contribution in [0, 0.1) is 5.92 Å². The topological polar surface area (TPSA) is 111 Å². The molecule has 2 N–H and O–H groups in total. The molecule has 0 bridgehead atoms. The Labute approximate surface area is 158 Å². The third kappa shape index (κ3) is 7.47. The lowest BCUT2D eigenvalue weighted by Crippen LogP contribution is -2.54. The Morgan fingerprint density at radius 2 is 1.63 bits per heavy atom. The van der Waals surface area contributed by atoms with E-state index >= 15 is 0 Å². The number of benzene rings is 1. The van der Waals surface area contributed by atoms with E-state index in [2.05, 4.69) is 15.4 Å². The van der Waals surface area contributed by atoms with Crippen LogP contribution in [-0.4, -0.2) is 50.1 Å². The second-order valence-corrected chi connectivity index (χ2v) is 6.21. The molecule has 0 spiro atoms. The second kappa shape index (κ2) is 10.9. The maximum Gasteiger partial charge on any atom is 0.328 e. The van der Waals surface area contributed by atoms with E-state index in [9.17, 15) is 19.2 Å². The summed E-state index contributed by atoms with van der Waals surface area (Å²) in [5, 5.41) is 5.17. The van der Waals surface area contributed by atoms with Gasteiger partial charge < -0.3 is 20.1 Å². The fourth-order valence-corrected chi connectivity index (χ4v) is 2.58. The van der Waals surface area contributed by atoms with Crippen LogP contribution < -0.4 is 10.6 Å². The summed E-state index contributed by atoms with van der Waals surface area (Å²) in [4.78, 5) is 47.8. The van der Waals surface area contributed by atoms with Crippen molar-refractivity contribution in [1.29, 1.82) is 0 Å². The summed E-state index contributed by atoms with van der Waals surface area (Å²) in [6, 6.07) is 7.25. The molecular weight excluding hydrogens is 352 g/mol. The van der Waals surface area contributed by atoms with Crippen molar-refractivity contribution in [3.63, 3.8) is 0 Å². The maximum absolute atomic E-state index is 12.7. The summed E-state index contributed by atoms with van der Waals surface area (Å²) in [5.41, 5.74) is 0.851. The fourth-order valence-electron chi connectivity index (χ4n) is 2.58. The standard InChI is InChI=1S/C19H26N2O6/c1-12(10-16(23)26-3)17(19(25)27-4)21-18(24)15(20-13(2)22)11-14-8-6-5-7-9-14/h5-9,12,15,17H,10-11H2,1-4H3,(H,20,22)(H,21,24)/t12-,15+,17+/m0/s1. The molecule has 1 rings (SSSR count). The van der Waals surface area contributed by atoms with Gasteiger partial charge in [-0.1, -0.05) is 37.3 Å². The van der Waals surface area contributed by atoms with E-state index in [1.54, 1.807) is 6.92 Å². The van der Waals surface area contributed by atoms with Crippen molar-refractivity contribution < 1.29 is 28.7 Å². The minimum atomic E-state index is -1.05. The van der Waals surface area contributed by atoms with Crippen LogP contribution in [0.3, 0.4) is 0 Å². The number of hydrogen-bond acceptors (Lipinski definition) is 6. The highest BCUT2D eigenvalue weighted by molar-refractivity contribution is 5.90. The Kier molecular flexibility index (Phi) is 8.98. The minimum Gasteiger partial charge on any atom is -0.469 e. The van der Waals surface area contributed by atoms with Crippen molar-refractivity contribution in [3.05, 3.63) is 35.9 Å². The molecule has 148 valence electrons. The van der Waals surface area contributed by atoms with Crippen LogP contribution in [0.1, 0.15) is 25.8 Å². The van der Waals surface area contributed by atoms with E-state index in [1.165, 1.54) is 21.1 Å². The summed E-state index contributed by atoms with van der Waals surface area (Å²) >= 11 is 0. The van der Waals surface area contributed by atoms with Gasteiger partial charge in [-0.15, -0.1) is 0 Å². The zero-order chi connectivity index (χ0) is 20.4. The van der Waals surface area contributed by atoms with Crippen molar-refractivity contribution in [2.75, 3.05) is 14.2 Å². The van der Waals surface area contributed by atoms with Crippen LogP contribution in [-0.2, 0) is 35.1 Å². The normalized spacial score (nSPS) is 13.6. The lowest BCUT2D eigenvalue weighted by molar-refractivity contribution is -0.148. The molecule has 8 nitrogen and oxygen atoms in total. The van der Waals surface area contributed by atoms with Crippen molar-refractivity contribution in [2.45, 2.75) is 38.8 Å². The SMILES string of the molecule is COC(=O)C[C@H](C)[C@@H](NC(=O)[C@@H](Cc1ccccc1)NC(C)=O)C(=O)OC. The average molecular weight is 378 g/mol. The molecule has 0 fully saturated rings. The molecule has 0 aromatic heterocycles. The molecule has 0 aliphatic heterocycles. The third-order valence-electron chi connectivity index (χ3n) is 4.01. The molecule has 0 aliphatic carbocycles. The summed E-state index contributed by atoms with van der Waals surface area (Å²) in [7, 11) is 2.44. The molecule has 1 aromatic carbocycles. The van der Waals surface area contributed by atoms with Gasteiger partial charge in [-0.25, -0.2) is 4.79 Å². The largest absolute Gasteiger partial charge is 0.469 e. The first-order valence-corrected chi connectivity index (χ1v) is 8.54. The van der Waals surface area contributed by atoms with Crippen molar-refractivity contribution in [2.24, 2.45) is 5.92 Å². The lowest BCUT2D eigenvalue weighted by atomic mass is 9.97. The number of nitrogens with one attached hydrogen (secondary N) is 2. The Hall–Kier alpha value is -2.90. The van der Waals surface area contributed by atoms with Gasteiger partial charge in [-0.2, -0.15) is 0 Å². The van der Waals surface area contributed by atoms with E-state index in [0.717, 1.165) is 5.56 Å². The zero-order valence-electron chi connectivity index (χ0n) is 16.0. The molecule has 8 heteroatoms. The van der Waals surface area contributed by atoms with E-state index in [4.69, 9.17) is 4.74 Å². The van der Waals surface area contributed by atoms with E-state index in [1.807, 2.05) is 30.3 Å². The Morgan fingerprint density at radius 1 is 1.00 bits per heavy atom. The van der Waals surface area contributed by atoms with Crippen LogP contribution in [0.4, 0.5) is 0 Å². The van der Waals surface area contributed by atoms with Crippen molar-refractivity contribution in [3.8, 4) is 0 Å². The van der Waals surface area contributed by atoms with Crippen molar-refractivity contribution >= 4 is 23.8 Å².